The zero-order valence-electron chi connectivity index (χ0n) is 11.0. The van der Waals surface area contributed by atoms with Crippen molar-refractivity contribution in [2.24, 2.45) is 0 Å². The second kappa shape index (κ2) is 5.96. The highest BCUT2D eigenvalue weighted by atomic mass is 35.5. The zero-order chi connectivity index (χ0) is 14.1. The Bertz CT molecular complexity index is 603. The first kappa shape index (κ1) is 14.2. The topological polar surface area (TPSA) is 9.23 Å². The number of fused-ring (bicyclic) bond motifs is 1. The Kier molecular flexibility index (Phi) is 4.24. The molecule has 106 valence electrons. The van der Waals surface area contributed by atoms with Crippen LogP contribution in [0.15, 0.2) is 24.3 Å². The molecule has 0 saturated heterocycles. The van der Waals surface area contributed by atoms with Gasteiger partial charge in [-0.05, 0) is 29.9 Å². The van der Waals surface area contributed by atoms with Gasteiger partial charge >= 0.3 is 0 Å². The van der Waals surface area contributed by atoms with E-state index in [-0.39, 0.29) is 5.82 Å². The standard InChI is InChI=1S/C15H14ClFOS2/c1-18-10-2-3-11(12(17)7-10)15(16)14-6-9-8-19-5-4-13(9)20-14/h2-3,6-7,15H,4-5,8H2,1H3. The first-order chi connectivity index (χ1) is 9.69. The molecule has 1 aromatic heterocycles. The number of thioether (sulfide) groups is 1. The Labute approximate surface area is 131 Å². The summed E-state index contributed by atoms with van der Waals surface area (Å²) in [5, 5.41) is -0.429. The van der Waals surface area contributed by atoms with Crippen molar-refractivity contribution in [3.05, 3.63) is 51.0 Å². The third kappa shape index (κ3) is 2.69. The summed E-state index contributed by atoms with van der Waals surface area (Å²) in [7, 11) is 1.53. The number of aryl methyl sites for hydroxylation is 1. The number of halogens is 2. The number of hydrogen-bond donors (Lipinski definition) is 0. The molecule has 1 atom stereocenters. The van der Waals surface area contributed by atoms with Crippen LogP contribution in [0.25, 0.3) is 0 Å². The molecule has 1 unspecified atom stereocenters. The number of rotatable bonds is 3. The molecule has 0 bridgehead atoms. The molecule has 0 aliphatic carbocycles. The Morgan fingerprint density at radius 1 is 1.35 bits per heavy atom. The predicted molar refractivity (Wildman–Crippen MR) is 84.8 cm³/mol. The number of thiophene rings is 1. The molecule has 2 heterocycles. The molecule has 0 radical (unpaired) electrons. The van der Waals surface area contributed by atoms with Crippen molar-refractivity contribution in [1.29, 1.82) is 0 Å². The van der Waals surface area contributed by atoms with Gasteiger partial charge in [-0.3, -0.25) is 0 Å². The zero-order valence-corrected chi connectivity index (χ0v) is 13.4. The molecule has 20 heavy (non-hydrogen) atoms. The highest BCUT2D eigenvalue weighted by Gasteiger charge is 2.21. The maximum Gasteiger partial charge on any atom is 0.131 e. The molecule has 0 saturated carbocycles. The van der Waals surface area contributed by atoms with E-state index in [0.717, 1.165) is 22.8 Å². The normalized spacial score (nSPS) is 15.8. The summed E-state index contributed by atoms with van der Waals surface area (Å²) in [6.07, 6.45) is 1.10. The van der Waals surface area contributed by atoms with Gasteiger partial charge in [-0.25, -0.2) is 4.39 Å². The van der Waals surface area contributed by atoms with Gasteiger partial charge in [0.25, 0.3) is 0 Å². The number of hydrogen-bond acceptors (Lipinski definition) is 3. The van der Waals surface area contributed by atoms with Crippen LogP contribution in [0.1, 0.15) is 26.3 Å². The maximum atomic E-state index is 14.1. The van der Waals surface area contributed by atoms with Crippen LogP contribution in [0, 0.1) is 5.82 Å². The van der Waals surface area contributed by atoms with Crippen molar-refractivity contribution in [1.82, 2.24) is 0 Å². The van der Waals surface area contributed by atoms with Crippen molar-refractivity contribution >= 4 is 34.7 Å². The van der Waals surface area contributed by atoms with Gasteiger partial charge < -0.3 is 4.74 Å². The summed E-state index contributed by atoms with van der Waals surface area (Å²) in [6, 6.07) is 6.97. The quantitative estimate of drug-likeness (QED) is 0.732. The Balaban J connectivity index is 1.92. The Hall–Kier alpha value is -0.710. The van der Waals surface area contributed by atoms with Gasteiger partial charge in [-0.15, -0.1) is 22.9 Å². The van der Waals surface area contributed by atoms with Crippen LogP contribution in [0.5, 0.6) is 5.75 Å². The number of benzene rings is 1. The second-order valence-electron chi connectivity index (χ2n) is 4.65. The molecule has 0 amide bonds. The third-order valence-electron chi connectivity index (χ3n) is 3.38. The van der Waals surface area contributed by atoms with E-state index in [1.807, 2.05) is 11.8 Å². The fraction of sp³-hybridized carbons (Fsp3) is 0.333. The fourth-order valence-electron chi connectivity index (χ4n) is 2.29. The molecular weight excluding hydrogens is 315 g/mol. The van der Waals surface area contributed by atoms with Crippen molar-refractivity contribution < 1.29 is 9.13 Å². The van der Waals surface area contributed by atoms with E-state index in [0.29, 0.717) is 11.3 Å². The molecule has 2 aromatic rings. The largest absolute Gasteiger partial charge is 0.497 e. The smallest absolute Gasteiger partial charge is 0.131 e. The summed E-state index contributed by atoms with van der Waals surface area (Å²) >= 11 is 10.1. The minimum absolute atomic E-state index is 0.315. The van der Waals surface area contributed by atoms with Gasteiger partial charge in [0.2, 0.25) is 0 Å². The molecule has 1 aliphatic heterocycles. The van der Waals surface area contributed by atoms with Gasteiger partial charge in [-0.2, -0.15) is 11.8 Å². The molecule has 3 rings (SSSR count). The van der Waals surface area contributed by atoms with Crippen molar-refractivity contribution in [3.63, 3.8) is 0 Å². The summed E-state index contributed by atoms with van der Waals surface area (Å²) in [6.45, 7) is 0. The molecule has 0 fully saturated rings. The minimum Gasteiger partial charge on any atom is -0.497 e. The minimum atomic E-state index is -0.429. The maximum absolute atomic E-state index is 14.1. The lowest BCUT2D eigenvalue weighted by atomic mass is 10.1. The van der Waals surface area contributed by atoms with Crippen LogP contribution in [0.2, 0.25) is 0 Å². The first-order valence-electron chi connectivity index (χ1n) is 6.36. The van der Waals surface area contributed by atoms with Crippen LogP contribution < -0.4 is 4.74 Å². The van der Waals surface area contributed by atoms with E-state index in [2.05, 4.69) is 6.07 Å². The number of alkyl halides is 1. The Morgan fingerprint density at radius 2 is 2.20 bits per heavy atom. The third-order valence-corrected chi connectivity index (χ3v) is 6.29. The molecular formula is C15H14ClFOS2. The average Bonchev–Trinajstić information content (AvgIpc) is 2.90. The fourth-order valence-corrected chi connectivity index (χ4v) is 5.04. The summed E-state index contributed by atoms with van der Waals surface area (Å²) in [5.41, 5.74) is 1.87. The van der Waals surface area contributed by atoms with Gasteiger partial charge in [0.05, 0.1) is 12.5 Å². The highest BCUT2D eigenvalue weighted by Crippen LogP contribution is 2.40. The number of methoxy groups -OCH3 is 1. The summed E-state index contributed by atoms with van der Waals surface area (Å²) in [4.78, 5) is 2.43. The lowest BCUT2D eigenvalue weighted by Gasteiger charge is -2.10. The average molecular weight is 329 g/mol. The first-order valence-corrected chi connectivity index (χ1v) is 8.76. The van der Waals surface area contributed by atoms with E-state index in [1.54, 1.807) is 23.5 Å². The molecule has 1 nitrogen and oxygen atoms in total. The van der Waals surface area contributed by atoms with Gasteiger partial charge in [0.15, 0.2) is 0 Å². The van der Waals surface area contributed by atoms with E-state index < -0.39 is 5.38 Å². The van der Waals surface area contributed by atoms with Crippen LogP contribution in [0.3, 0.4) is 0 Å². The van der Waals surface area contributed by atoms with E-state index in [1.165, 1.54) is 23.6 Å². The lowest BCUT2D eigenvalue weighted by Crippen LogP contribution is -1.96. The second-order valence-corrected chi connectivity index (χ2v) is 7.36. The summed E-state index contributed by atoms with van der Waals surface area (Å²) < 4.78 is 19.1. The number of ether oxygens (including phenoxy) is 1. The summed E-state index contributed by atoms with van der Waals surface area (Å²) in [5.74, 6) is 2.40. The SMILES string of the molecule is COc1ccc(C(Cl)c2cc3c(s2)CCSC3)c(F)c1. The molecule has 1 aromatic carbocycles. The van der Waals surface area contributed by atoms with Crippen LogP contribution in [0.4, 0.5) is 4.39 Å². The molecule has 0 N–H and O–H groups in total. The van der Waals surface area contributed by atoms with E-state index in [4.69, 9.17) is 16.3 Å². The van der Waals surface area contributed by atoms with Gasteiger partial charge in [0, 0.05) is 27.1 Å². The highest BCUT2D eigenvalue weighted by molar-refractivity contribution is 7.98. The van der Waals surface area contributed by atoms with Crippen molar-refractivity contribution in [2.75, 3.05) is 12.9 Å². The monoisotopic (exact) mass is 328 g/mol. The predicted octanol–water partition coefficient (Wildman–Crippen LogP) is 5.01. The lowest BCUT2D eigenvalue weighted by molar-refractivity contribution is 0.411. The van der Waals surface area contributed by atoms with E-state index in [9.17, 15) is 4.39 Å². The van der Waals surface area contributed by atoms with Gasteiger partial charge in [-0.1, -0.05) is 6.07 Å². The Morgan fingerprint density at radius 3 is 2.90 bits per heavy atom. The van der Waals surface area contributed by atoms with Crippen molar-refractivity contribution in [3.8, 4) is 5.75 Å². The van der Waals surface area contributed by atoms with Crippen molar-refractivity contribution in [2.45, 2.75) is 17.6 Å². The van der Waals surface area contributed by atoms with Crippen LogP contribution in [-0.2, 0) is 12.2 Å². The van der Waals surface area contributed by atoms with E-state index >= 15 is 0 Å². The molecule has 1 aliphatic rings. The molecule has 5 heteroatoms. The van der Waals surface area contributed by atoms with Gasteiger partial charge in [0.1, 0.15) is 11.6 Å². The molecule has 0 spiro atoms. The van der Waals surface area contributed by atoms with Crippen LogP contribution in [-0.4, -0.2) is 12.9 Å². The van der Waals surface area contributed by atoms with Crippen LogP contribution >= 0.6 is 34.7 Å².